The number of benzene rings is 3. The van der Waals surface area contributed by atoms with E-state index in [9.17, 15) is 8.78 Å². The SMILES string of the molecule is CCCCc1c(F)cc(C#Cc2ccc(C#Cc3ccc(OC)cc3)c(C)c2)cc1F. The van der Waals surface area contributed by atoms with E-state index in [0.29, 0.717) is 12.0 Å². The molecular weight excluding hydrogens is 390 g/mol. The standard InChI is InChI=1S/C28H24F2O/c1-4-5-6-26-27(29)18-23(19-28(26)30)8-7-22-10-14-24(20(2)17-22)13-9-21-11-15-25(31-3)16-12-21/h10-12,14-19H,4-6H2,1-3H3. The van der Waals surface area contributed by atoms with Gasteiger partial charge in [0.05, 0.1) is 7.11 Å². The van der Waals surface area contributed by atoms with Gasteiger partial charge >= 0.3 is 0 Å². The van der Waals surface area contributed by atoms with Crippen LogP contribution in [0.4, 0.5) is 8.78 Å². The van der Waals surface area contributed by atoms with Gasteiger partial charge in [0.1, 0.15) is 17.4 Å². The number of halogens is 2. The van der Waals surface area contributed by atoms with Gasteiger partial charge in [0.15, 0.2) is 0 Å². The number of methoxy groups -OCH3 is 1. The summed E-state index contributed by atoms with van der Waals surface area (Å²) >= 11 is 0. The van der Waals surface area contributed by atoms with Crippen LogP contribution in [0.15, 0.2) is 54.6 Å². The van der Waals surface area contributed by atoms with E-state index in [1.54, 1.807) is 7.11 Å². The highest BCUT2D eigenvalue weighted by atomic mass is 19.1. The van der Waals surface area contributed by atoms with Crippen LogP contribution in [-0.4, -0.2) is 7.11 Å². The van der Waals surface area contributed by atoms with Gasteiger partial charge in [0, 0.05) is 27.8 Å². The number of hydrogen-bond acceptors (Lipinski definition) is 1. The predicted octanol–water partition coefficient (Wildman–Crippen LogP) is 6.42. The molecule has 3 aromatic rings. The van der Waals surface area contributed by atoms with Crippen molar-refractivity contribution in [3.63, 3.8) is 0 Å². The molecule has 0 aliphatic carbocycles. The molecule has 0 aliphatic rings. The minimum Gasteiger partial charge on any atom is -0.497 e. The van der Waals surface area contributed by atoms with Gasteiger partial charge in [-0.1, -0.05) is 37.0 Å². The van der Waals surface area contributed by atoms with Crippen molar-refractivity contribution in [3.05, 3.63) is 99.6 Å². The molecule has 0 aliphatic heterocycles. The van der Waals surface area contributed by atoms with Gasteiger partial charge in [-0.2, -0.15) is 0 Å². The first-order valence-electron chi connectivity index (χ1n) is 10.3. The maximum atomic E-state index is 14.2. The zero-order chi connectivity index (χ0) is 22.2. The zero-order valence-electron chi connectivity index (χ0n) is 18.0. The third-order valence-corrected chi connectivity index (χ3v) is 4.93. The maximum absolute atomic E-state index is 14.2. The lowest BCUT2D eigenvalue weighted by molar-refractivity contribution is 0.415. The van der Waals surface area contributed by atoms with E-state index >= 15 is 0 Å². The van der Waals surface area contributed by atoms with Crippen molar-refractivity contribution >= 4 is 0 Å². The van der Waals surface area contributed by atoms with Gasteiger partial charge in [-0.25, -0.2) is 8.78 Å². The fraction of sp³-hybridized carbons (Fsp3) is 0.214. The van der Waals surface area contributed by atoms with E-state index in [1.165, 1.54) is 12.1 Å². The molecule has 3 aromatic carbocycles. The molecule has 0 amide bonds. The van der Waals surface area contributed by atoms with E-state index in [4.69, 9.17) is 4.74 Å². The predicted molar refractivity (Wildman–Crippen MR) is 121 cm³/mol. The largest absolute Gasteiger partial charge is 0.497 e. The molecule has 0 fully saturated rings. The highest BCUT2D eigenvalue weighted by Crippen LogP contribution is 2.18. The van der Waals surface area contributed by atoms with E-state index in [-0.39, 0.29) is 5.56 Å². The quantitative estimate of drug-likeness (QED) is 0.448. The second-order valence-electron chi connectivity index (χ2n) is 7.28. The summed E-state index contributed by atoms with van der Waals surface area (Å²) in [6, 6.07) is 15.9. The highest BCUT2D eigenvalue weighted by Gasteiger charge is 2.10. The Morgan fingerprint density at radius 3 is 2.00 bits per heavy atom. The number of ether oxygens (including phenoxy) is 1. The minimum absolute atomic E-state index is 0.142. The Morgan fingerprint density at radius 1 is 0.774 bits per heavy atom. The normalized spacial score (nSPS) is 9.97. The number of rotatable bonds is 4. The summed E-state index contributed by atoms with van der Waals surface area (Å²) in [4.78, 5) is 0. The second kappa shape index (κ2) is 10.5. The molecule has 0 unspecified atom stereocenters. The van der Waals surface area contributed by atoms with Crippen LogP contribution in [0.1, 0.15) is 53.1 Å². The Labute approximate surface area is 183 Å². The van der Waals surface area contributed by atoms with Gasteiger partial charge in [-0.05, 0) is 79.9 Å². The number of aryl methyl sites for hydroxylation is 1. The zero-order valence-corrected chi connectivity index (χ0v) is 18.0. The third-order valence-electron chi connectivity index (χ3n) is 4.93. The van der Waals surface area contributed by atoms with Crippen molar-refractivity contribution < 1.29 is 13.5 Å². The Kier molecular flexibility index (Phi) is 7.47. The lowest BCUT2D eigenvalue weighted by Gasteiger charge is -2.05. The van der Waals surface area contributed by atoms with E-state index in [2.05, 4.69) is 23.7 Å². The van der Waals surface area contributed by atoms with Crippen LogP contribution in [0, 0.1) is 42.2 Å². The maximum Gasteiger partial charge on any atom is 0.130 e. The number of unbranched alkanes of at least 4 members (excludes halogenated alkanes) is 1. The highest BCUT2D eigenvalue weighted by molar-refractivity contribution is 5.52. The monoisotopic (exact) mass is 414 g/mol. The van der Waals surface area contributed by atoms with Crippen molar-refractivity contribution in [3.8, 4) is 29.4 Å². The summed E-state index contributed by atoms with van der Waals surface area (Å²) in [6.07, 6.45) is 2.05. The molecule has 31 heavy (non-hydrogen) atoms. The first kappa shape index (κ1) is 22.1. The molecule has 3 heteroatoms. The van der Waals surface area contributed by atoms with E-state index in [1.807, 2.05) is 56.3 Å². The third kappa shape index (κ3) is 5.97. The molecule has 0 atom stereocenters. The summed E-state index contributed by atoms with van der Waals surface area (Å²) in [6.45, 7) is 3.96. The van der Waals surface area contributed by atoms with E-state index < -0.39 is 11.6 Å². The lowest BCUT2D eigenvalue weighted by Crippen LogP contribution is -1.97. The molecule has 0 saturated carbocycles. The van der Waals surface area contributed by atoms with E-state index in [0.717, 1.165) is 40.8 Å². The van der Waals surface area contributed by atoms with Crippen LogP contribution in [0.5, 0.6) is 5.75 Å². The number of hydrogen-bond donors (Lipinski definition) is 0. The van der Waals surface area contributed by atoms with Crippen LogP contribution < -0.4 is 4.74 Å². The molecular formula is C28H24F2O. The minimum atomic E-state index is -0.530. The summed E-state index contributed by atoms with van der Waals surface area (Å²) in [7, 11) is 1.63. The van der Waals surface area contributed by atoms with Gasteiger partial charge in [-0.3, -0.25) is 0 Å². The summed E-state index contributed by atoms with van der Waals surface area (Å²) < 4.78 is 33.6. The Bertz CT molecular complexity index is 1160. The van der Waals surface area contributed by atoms with Crippen LogP contribution in [0.3, 0.4) is 0 Å². The molecule has 0 N–H and O–H groups in total. The smallest absolute Gasteiger partial charge is 0.130 e. The average Bonchev–Trinajstić information content (AvgIpc) is 2.77. The molecule has 0 aromatic heterocycles. The Hall–Kier alpha value is -3.56. The first-order chi connectivity index (χ1) is 15.0. The van der Waals surface area contributed by atoms with Crippen LogP contribution in [-0.2, 0) is 6.42 Å². The first-order valence-corrected chi connectivity index (χ1v) is 10.3. The van der Waals surface area contributed by atoms with Crippen molar-refractivity contribution in [2.75, 3.05) is 7.11 Å². The second-order valence-corrected chi connectivity index (χ2v) is 7.28. The summed E-state index contributed by atoms with van der Waals surface area (Å²) in [5.74, 6) is 11.9. The van der Waals surface area contributed by atoms with Crippen molar-refractivity contribution in [1.82, 2.24) is 0 Å². The Morgan fingerprint density at radius 2 is 1.39 bits per heavy atom. The lowest BCUT2D eigenvalue weighted by atomic mass is 10.0. The van der Waals surface area contributed by atoms with Crippen molar-refractivity contribution in [2.24, 2.45) is 0 Å². The van der Waals surface area contributed by atoms with Gasteiger partial charge in [-0.15, -0.1) is 0 Å². The molecule has 0 spiro atoms. The molecule has 3 rings (SSSR count). The van der Waals surface area contributed by atoms with Crippen molar-refractivity contribution in [2.45, 2.75) is 33.1 Å². The van der Waals surface area contributed by atoms with Crippen LogP contribution in [0.2, 0.25) is 0 Å². The molecule has 156 valence electrons. The van der Waals surface area contributed by atoms with Gasteiger partial charge in [0.2, 0.25) is 0 Å². The summed E-state index contributed by atoms with van der Waals surface area (Å²) in [5.41, 5.74) is 4.03. The van der Waals surface area contributed by atoms with Gasteiger partial charge < -0.3 is 4.74 Å². The molecule has 0 heterocycles. The fourth-order valence-corrected chi connectivity index (χ4v) is 3.11. The van der Waals surface area contributed by atoms with Gasteiger partial charge in [0.25, 0.3) is 0 Å². The molecule has 0 radical (unpaired) electrons. The topological polar surface area (TPSA) is 9.23 Å². The van der Waals surface area contributed by atoms with Crippen LogP contribution >= 0.6 is 0 Å². The van der Waals surface area contributed by atoms with Crippen LogP contribution in [0.25, 0.3) is 0 Å². The summed E-state index contributed by atoms with van der Waals surface area (Å²) in [5, 5.41) is 0. The molecule has 0 bridgehead atoms. The molecule has 1 nitrogen and oxygen atoms in total. The average molecular weight is 414 g/mol. The molecule has 0 saturated heterocycles. The Balaban J connectivity index is 1.77. The fourth-order valence-electron chi connectivity index (χ4n) is 3.11. The van der Waals surface area contributed by atoms with Crippen molar-refractivity contribution in [1.29, 1.82) is 0 Å².